The molecule has 2 aliphatic rings. The number of nitrogens with zero attached hydrogens (tertiary/aromatic N) is 3. The fourth-order valence-electron chi connectivity index (χ4n) is 5.36. The summed E-state index contributed by atoms with van der Waals surface area (Å²) in [5, 5.41) is 11.8. The lowest BCUT2D eigenvalue weighted by Gasteiger charge is -2.36. The topological polar surface area (TPSA) is 85.4 Å². The monoisotopic (exact) mass is 541 g/mol. The van der Waals surface area contributed by atoms with E-state index in [1.807, 2.05) is 27.1 Å². The Balaban J connectivity index is 2.07. The molecule has 0 bridgehead atoms. The lowest BCUT2D eigenvalue weighted by molar-refractivity contribution is -0.140. The first kappa shape index (κ1) is 30.2. The van der Waals surface area contributed by atoms with Gasteiger partial charge in [-0.05, 0) is 82.7 Å². The van der Waals surface area contributed by atoms with Crippen LogP contribution in [0.1, 0.15) is 43.7 Å². The van der Waals surface area contributed by atoms with E-state index in [1.54, 1.807) is 48.2 Å². The number of hydrogen-bond acceptors (Lipinski definition) is 5. The highest BCUT2D eigenvalue weighted by Crippen LogP contribution is 2.40. The molecule has 1 fully saturated rings. The molecule has 1 amide bonds. The molecule has 39 heavy (non-hydrogen) atoms. The Morgan fingerprint density at radius 2 is 1.95 bits per heavy atom. The molecule has 0 saturated heterocycles. The van der Waals surface area contributed by atoms with Gasteiger partial charge in [0.25, 0.3) is 0 Å². The Kier molecular flexibility index (Phi) is 9.81. The van der Waals surface area contributed by atoms with E-state index in [4.69, 9.17) is 5.73 Å². The average Bonchev–Trinajstić information content (AvgIpc) is 3.72. The Bertz CT molecular complexity index is 1220. The van der Waals surface area contributed by atoms with Gasteiger partial charge < -0.3 is 20.9 Å². The molecule has 2 unspecified atom stereocenters. The first-order valence-electron chi connectivity index (χ1n) is 13.1. The molecule has 0 spiro atoms. The minimum atomic E-state index is -4.57. The van der Waals surface area contributed by atoms with Gasteiger partial charge in [0.05, 0.1) is 6.07 Å². The number of nitrogens with one attached hydrogen (secondary N) is 1. The van der Waals surface area contributed by atoms with Crippen molar-refractivity contribution in [2.75, 3.05) is 34.2 Å². The van der Waals surface area contributed by atoms with Gasteiger partial charge in [-0.1, -0.05) is 35.9 Å². The number of nitrogens with two attached hydrogens (primary N) is 1. The third-order valence-corrected chi connectivity index (χ3v) is 7.45. The zero-order valence-electron chi connectivity index (χ0n) is 23.2. The summed E-state index contributed by atoms with van der Waals surface area (Å²) < 4.78 is 41.8. The van der Waals surface area contributed by atoms with E-state index in [0.717, 1.165) is 30.2 Å². The van der Waals surface area contributed by atoms with Gasteiger partial charge in [-0.15, -0.1) is 0 Å². The Labute approximate surface area is 229 Å². The van der Waals surface area contributed by atoms with E-state index in [2.05, 4.69) is 16.3 Å². The van der Waals surface area contributed by atoms with Crippen LogP contribution in [0, 0.1) is 17.2 Å². The Morgan fingerprint density at radius 3 is 2.49 bits per heavy atom. The molecular formula is C30H38F3N5O. The van der Waals surface area contributed by atoms with Crippen LogP contribution < -0.4 is 11.1 Å². The van der Waals surface area contributed by atoms with E-state index >= 15 is 0 Å². The molecule has 3 atom stereocenters. The largest absolute Gasteiger partial charge is 0.407 e. The van der Waals surface area contributed by atoms with Crippen molar-refractivity contribution in [2.24, 2.45) is 11.7 Å². The van der Waals surface area contributed by atoms with Crippen molar-refractivity contribution >= 4 is 11.5 Å². The van der Waals surface area contributed by atoms with Crippen LogP contribution >= 0.6 is 0 Å². The molecule has 0 radical (unpaired) electrons. The van der Waals surface area contributed by atoms with Crippen LogP contribution in [0.2, 0.25) is 0 Å². The van der Waals surface area contributed by atoms with Gasteiger partial charge in [0.2, 0.25) is 5.91 Å². The van der Waals surface area contributed by atoms with Crippen LogP contribution in [-0.4, -0.2) is 68.2 Å². The fraction of sp³-hybridized carbons (Fsp3) is 0.467. The molecule has 1 aliphatic heterocycles. The van der Waals surface area contributed by atoms with Gasteiger partial charge >= 0.3 is 6.18 Å². The zero-order chi connectivity index (χ0) is 28.9. The van der Waals surface area contributed by atoms with Crippen LogP contribution in [0.4, 0.5) is 13.2 Å². The van der Waals surface area contributed by atoms with Gasteiger partial charge in [0, 0.05) is 42.3 Å². The van der Waals surface area contributed by atoms with E-state index in [9.17, 15) is 23.2 Å². The highest BCUT2D eigenvalue weighted by atomic mass is 19.4. The molecule has 3 N–H and O–H groups in total. The van der Waals surface area contributed by atoms with E-state index in [0.29, 0.717) is 29.2 Å². The molecule has 0 aromatic heterocycles. The van der Waals surface area contributed by atoms with Gasteiger partial charge in [-0.2, -0.15) is 18.4 Å². The van der Waals surface area contributed by atoms with Crippen LogP contribution in [0.15, 0.2) is 65.4 Å². The Hall–Kier alpha value is -3.35. The SMILES string of the molecule is CNC(/C(=C\N)c1ccccc1[C@@H]1CN(C(=O)/C=C/C(C2CC2)N(C)C)CC(C)=C1/C=C(\C)C#N)C(F)(F)F. The van der Waals surface area contributed by atoms with Crippen molar-refractivity contribution in [2.45, 2.75) is 50.9 Å². The summed E-state index contributed by atoms with van der Waals surface area (Å²) in [6.07, 6.45) is 4.05. The van der Waals surface area contributed by atoms with Crippen molar-refractivity contribution in [1.29, 1.82) is 5.26 Å². The van der Waals surface area contributed by atoms with Crippen molar-refractivity contribution in [3.05, 3.63) is 76.5 Å². The molecule has 6 nitrogen and oxygen atoms in total. The number of alkyl halides is 3. The summed E-state index contributed by atoms with van der Waals surface area (Å²) in [5.74, 6) is -0.0562. The van der Waals surface area contributed by atoms with Crippen LogP contribution in [0.5, 0.6) is 0 Å². The van der Waals surface area contributed by atoms with Gasteiger partial charge in [0.15, 0.2) is 0 Å². The summed E-state index contributed by atoms with van der Waals surface area (Å²) in [5.41, 5.74) is 8.83. The molecule has 1 heterocycles. The molecule has 9 heteroatoms. The van der Waals surface area contributed by atoms with Gasteiger partial charge in [-0.25, -0.2) is 0 Å². The van der Waals surface area contributed by atoms with E-state index in [1.165, 1.54) is 7.05 Å². The minimum absolute atomic E-state index is 0.0970. The molecule has 1 aliphatic carbocycles. The first-order valence-corrected chi connectivity index (χ1v) is 13.1. The normalized spacial score (nSPS) is 20.9. The number of carbonyl (C=O) groups excluding carboxylic acids is 1. The number of nitriles is 1. The fourth-order valence-corrected chi connectivity index (χ4v) is 5.36. The van der Waals surface area contributed by atoms with E-state index in [-0.39, 0.29) is 24.1 Å². The zero-order valence-corrected chi connectivity index (χ0v) is 23.2. The highest BCUT2D eigenvalue weighted by molar-refractivity contribution is 5.88. The van der Waals surface area contributed by atoms with Crippen molar-refractivity contribution < 1.29 is 18.0 Å². The average molecular weight is 542 g/mol. The number of rotatable bonds is 9. The second-order valence-corrected chi connectivity index (χ2v) is 10.6. The Morgan fingerprint density at radius 1 is 1.28 bits per heavy atom. The van der Waals surface area contributed by atoms with Crippen LogP contribution in [-0.2, 0) is 4.79 Å². The highest BCUT2D eigenvalue weighted by Gasteiger charge is 2.42. The summed E-state index contributed by atoms with van der Waals surface area (Å²) in [6, 6.07) is 7.18. The van der Waals surface area contributed by atoms with Gasteiger partial charge in [0.1, 0.15) is 6.04 Å². The molecule has 210 valence electrons. The number of carbonyl (C=O) groups is 1. The first-order chi connectivity index (χ1) is 18.4. The van der Waals surface area contributed by atoms with Crippen molar-refractivity contribution in [3.8, 4) is 6.07 Å². The molecule has 1 saturated carbocycles. The standard InChI is InChI=1S/C30H38F3N5O/c1-19(15-34)14-24-20(2)17-38(28(39)13-12-27(37(4)5)21-10-11-21)18-26(24)23-9-7-6-8-22(23)25(16-35)29(36-3)30(31,32)33/h6-9,12-14,16,21,26-27,29,36H,10-11,17-18,35H2,1-5H3/b13-12+,19-14+,25-16-/t26-,27?,29?/m0/s1. The third-order valence-electron chi connectivity index (χ3n) is 7.45. The molecular weight excluding hydrogens is 503 g/mol. The van der Waals surface area contributed by atoms with E-state index < -0.39 is 18.1 Å². The van der Waals surface area contributed by atoms with Crippen molar-refractivity contribution in [1.82, 2.24) is 15.1 Å². The molecule has 3 rings (SSSR count). The lowest BCUT2D eigenvalue weighted by atomic mass is 9.79. The van der Waals surface area contributed by atoms with Crippen molar-refractivity contribution in [3.63, 3.8) is 0 Å². The maximum atomic E-state index is 13.9. The number of benzene rings is 1. The summed E-state index contributed by atoms with van der Waals surface area (Å²) in [7, 11) is 5.24. The predicted octanol–water partition coefficient (Wildman–Crippen LogP) is 4.75. The quantitative estimate of drug-likeness (QED) is 0.348. The second-order valence-electron chi connectivity index (χ2n) is 10.6. The smallest absolute Gasteiger partial charge is 0.404 e. The molecule has 1 aromatic rings. The van der Waals surface area contributed by atoms with Crippen LogP contribution in [0.25, 0.3) is 5.57 Å². The minimum Gasteiger partial charge on any atom is -0.404 e. The third kappa shape index (κ3) is 7.20. The van der Waals surface area contributed by atoms with Crippen LogP contribution in [0.3, 0.4) is 0 Å². The summed E-state index contributed by atoms with van der Waals surface area (Å²) in [4.78, 5) is 17.2. The molecule has 1 aromatic carbocycles. The lowest BCUT2D eigenvalue weighted by Crippen LogP contribution is -2.42. The number of likely N-dealkylation sites (N-methyl/N-ethyl adjacent to an activating group) is 2. The second kappa shape index (κ2) is 12.7. The maximum absolute atomic E-state index is 13.9. The predicted molar refractivity (Wildman–Crippen MR) is 148 cm³/mol. The number of allylic oxidation sites excluding steroid dienone is 2. The summed E-state index contributed by atoms with van der Waals surface area (Å²) >= 11 is 0. The van der Waals surface area contributed by atoms with Gasteiger partial charge in [-0.3, -0.25) is 4.79 Å². The maximum Gasteiger partial charge on any atom is 0.407 e. The number of amides is 1. The summed E-state index contributed by atoms with van der Waals surface area (Å²) in [6.45, 7) is 4.21. The number of hydrogen-bond donors (Lipinski definition) is 2. The number of halogens is 3.